The third-order valence-corrected chi connectivity index (χ3v) is 2.92. The molecule has 1 aliphatic carbocycles. The molecule has 1 aromatic carbocycles. The van der Waals surface area contributed by atoms with Crippen LogP contribution in [0.4, 0.5) is 0 Å². The van der Waals surface area contributed by atoms with Crippen molar-refractivity contribution in [2.75, 3.05) is 7.11 Å². The molecule has 15 heavy (non-hydrogen) atoms. The van der Waals surface area contributed by atoms with E-state index >= 15 is 0 Å². The molecule has 0 amide bonds. The molecule has 4 heteroatoms. The van der Waals surface area contributed by atoms with Gasteiger partial charge in [0.05, 0.1) is 17.7 Å². The molecule has 2 N–H and O–H groups in total. The highest BCUT2D eigenvalue weighted by Crippen LogP contribution is 2.40. The average Bonchev–Trinajstić information content (AvgIpc) is 3.04. The minimum Gasteiger partial charge on any atom is -0.493 e. The van der Waals surface area contributed by atoms with E-state index in [1.807, 2.05) is 12.1 Å². The van der Waals surface area contributed by atoms with Crippen molar-refractivity contribution < 1.29 is 9.47 Å². The van der Waals surface area contributed by atoms with Crippen LogP contribution in [0.25, 0.3) is 0 Å². The first-order valence-corrected chi connectivity index (χ1v) is 5.77. The van der Waals surface area contributed by atoms with Crippen molar-refractivity contribution >= 4 is 15.9 Å². The Balaban J connectivity index is 2.32. The van der Waals surface area contributed by atoms with Crippen LogP contribution in [0.5, 0.6) is 11.5 Å². The number of benzene rings is 1. The first-order chi connectivity index (χ1) is 7.24. The molecule has 0 radical (unpaired) electrons. The van der Waals surface area contributed by atoms with Gasteiger partial charge in [-0.1, -0.05) is 0 Å². The summed E-state index contributed by atoms with van der Waals surface area (Å²) in [6.45, 7) is 0.499. The normalized spacial score (nSPS) is 15.1. The molecule has 0 spiro atoms. The van der Waals surface area contributed by atoms with Gasteiger partial charge in [-0.05, 0) is 46.5 Å². The molecule has 0 bridgehead atoms. The lowest BCUT2D eigenvalue weighted by Crippen LogP contribution is -2.02. The van der Waals surface area contributed by atoms with Gasteiger partial charge in [0.15, 0.2) is 11.5 Å². The van der Waals surface area contributed by atoms with E-state index in [1.165, 1.54) is 0 Å². The van der Waals surface area contributed by atoms with Gasteiger partial charge in [-0.3, -0.25) is 0 Å². The fraction of sp³-hybridized carbons (Fsp3) is 0.455. The van der Waals surface area contributed by atoms with Crippen LogP contribution >= 0.6 is 15.9 Å². The highest BCUT2D eigenvalue weighted by Gasteiger charge is 2.26. The summed E-state index contributed by atoms with van der Waals surface area (Å²) in [4.78, 5) is 0. The van der Waals surface area contributed by atoms with E-state index < -0.39 is 0 Å². The maximum atomic E-state index is 5.76. The zero-order valence-electron chi connectivity index (χ0n) is 8.63. The Hall–Kier alpha value is -0.740. The average molecular weight is 272 g/mol. The molecule has 2 rings (SSSR count). The summed E-state index contributed by atoms with van der Waals surface area (Å²) in [5.74, 6) is 1.54. The molecule has 0 atom stereocenters. The standard InChI is InChI=1S/C11H14BrNO2/c1-14-10-5-7(6-13)4-9(12)11(10)15-8-2-3-8/h4-5,8H,2-3,6,13H2,1H3. The van der Waals surface area contributed by atoms with Crippen molar-refractivity contribution in [3.63, 3.8) is 0 Å². The monoisotopic (exact) mass is 271 g/mol. The fourth-order valence-electron chi connectivity index (χ4n) is 1.36. The maximum Gasteiger partial charge on any atom is 0.175 e. The van der Waals surface area contributed by atoms with E-state index in [-0.39, 0.29) is 0 Å². The number of rotatable bonds is 4. The van der Waals surface area contributed by atoms with E-state index in [0.717, 1.165) is 34.4 Å². The predicted molar refractivity (Wildman–Crippen MR) is 62.2 cm³/mol. The van der Waals surface area contributed by atoms with Gasteiger partial charge in [0.2, 0.25) is 0 Å². The summed E-state index contributed by atoms with van der Waals surface area (Å²) < 4.78 is 12.0. The number of hydrogen-bond acceptors (Lipinski definition) is 3. The van der Waals surface area contributed by atoms with Crippen molar-refractivity contribution in [1.29, 1.82) is 0 Å². The van der Waals surface area contributed by atoms with E-state index in [9.17, 15) is 0 Å². The molecule has 1 aliphatic rings. The summed E-state index contributed by atoms with van der Waals surface area (Å²) in [7, 11) is 1.64. The summed E-state index contributed by atoms with van der Waals surface area (Å²) >= 11 is 3.48. The van der Waals surface area contributed by atoms with Gasteiger partial charge in [-0.25, -0.2) is 0 Å². The van der Waals surface area contributed by atoms with E-state index in [4.69, 9.17) is 15.2 Å². The second kappa shape index (κ2) is 4.41. The van der Waals surface area contributed by atoms with Crippen molar-refractivity contribution in [2.24, 2.45) is 5.73 Å². The molecular weight excluding hydrogens is 258 g/mol. The van der Waals surface area contributed by atoms with Crippen LogP contribution < -0.4 is 15.2 Å². The van der Waals surface area contributed by atoms with Gasteiger partial charge in [-0.15, -0.1) is 0 Å². The van der Waals surface area contributed by atoms with Gasteiger partial charge in [0, 0.05) is 6.54 Å². The molecule has 1 aromatic rings. The van der Waals surface area contributed by atoms with Gasteiger partial charge in [0.25, 0.3) is 0 Å². The quantitative estimate of drug-likeness (QED) is 0.915. The lowest BCUT2D eigenvalue weighted by atomic mass is 10.2. The Kier molecular flexibility index (Phi) is 3.17. The van der Waals surface area contributed by atoms with E-state index in [1.54, 1.807) is 7.11 Å². The van der Waals surface area contributed by atoms with Crippen molar-refractivity contribution in [3.8, 4) is 11.5 Å². The number of halogens is 1. The molecule has 0 saturated heterocycles. The zero-order valence-corrected chi connectivity index (χ0v) is 10.2. The second-order valence-corrected chi connectivity index (χ2v) is 4.48. The molecule has 1 fully saturated rings. The Morgan fingerprint density at radius 2 is 2.20 bits per heavy atom. The fourth-order valence-corrected chi connectivity index (χ4v) is 1.94. The Morgan fingerprint density at radius 1 is 1.47 bits per heavy atom. The predicted octanol–water partition coefficient (Wildman–Crippen LogP) is 2.46. The van der Waals surface area contributed by atoms with Crippen LogP contribution in [-0.2, 0) is 6.54 Å². The minimum absolute atomic E-state index is 0.360. The molecule has 3 nitrogen and oxygen atoms in total. The van der Waals surface area contributed by atoms with Crippen LogP contribution in [0.15, 0.2) is 16.6 Å². The SMILES string of the molecule is COc1cc(CN)cc(Br)c1OC1CC1. The van der Waals surface area contributed by atoms with Gasteiger partial charge in [-0.2, -0.15) is 0 Å². The third kappa shape index (κ3) is 2.44. The number of ether oxygens (including phenoxy) is 2. The Morgan fingerprint density at radius 3 is 2.73 bits per heavy atom. The van der Waals surface area contributed by atoms with E-state index in [2.05, 4.69) is 15.9 Å². The maximum absolute atomic E-state index is 5.76. The molecule has 1 saturated carbocycles. The summed E-state index contributed by atoms with van der Waals surface area (Å²) in [5.41, 5.74) is 6.62. The zero-order chi connectivity index (χ0) is 10.8. The summed E-state index contributed by atoms with van der Waals surface area (Å²) in [5, 5.41) is 0. The van der Waals surface area contributed by atoms with Crippen LogP contribution in [0.2, 0.25) is 0 Å². The highest BCUT2D eigenvalue weighted by molar-refractivity contribution is 9.10. The number of methoxy groups -OCH3 is 1. The lowest BCUT2D eigenvalue weighted by molar-refractivity contribution is 0.280. The van der Waals surface area contributed by atoms with Crippen LogP contribution in [-0.4, -0.2) is 13.2 Å². The van der Waals surface area contributed by atoms with Gasteiger partial charge < -0.3 is 15.2 Å². The van der Waals surface area contributed by atoms with Crippen molar-refractivity contribution in [2.45, 2.75) is 25.5 Å². The second-order valence-electron chi connectivity index (χ2n) is 3.63. The topological polar surface area (TPSA) is 44.5 Å². The van der Waals surface area contributed by atoms with Gasteiger partial charge >= 0.3 is 0 Å². The first-order valence-electron chi connectivity index (χ1n) is 4.97. The molecule has 82 valence electrons. The van der Waals surface area contributed by atoms with Gasteiger partial charge in [0.1, 0.15) is 0 Å². The minimum atomic E-state index is 0.360. The molecule has 0 aromatic heterocycles. The number of hydrogen-bond donors (Lipinski definition) is 1. The smallest absolute Gasteiger partial charge is 0.175 e. The van der Waals surface area contributed by atoms with Crippen LogP contribution in [0, 0.1) is 0 Å². The Bertz CT molecular complexity index is 364. The third-order valence-electron chi connectivity index (χ3n) is 2.33. The van der Waals surface area contributed by atoms with Crippen LogP contribution in [0.1, 0.15) is 18.4 Å². The first kappa shape index (κ1) is 10.8. The highest BCUT2D eigenvalue weighted by atomic mass is 79.9. The van der Waals surface area contributed by atoms with Crippen molar-refractivity contribution in [1.82, 2.24) is 0 Å². The molecular formula is C11H14BrNO2. The van der Waals surface area contributed by atoms with E-state index in [0.29, 0.717) is 12.6 Å². The number of nitrogens with two attached hydrogens (primary N) is 1. The van der Waals surface area contributed by atoms with Crippen LogP contribution in [0.3, 0.4) is 0 Å². The lowest BCUT2D eigenvalue weighted by Gasteiger charge is -2.13. The van der Waals surface area contributed by atoms with Crippen molar-refractivity contribution in [3.05, 3.63) is 22.2 Å². The Labute approximate surface area is 97.7 Å². The molecule has 0 heterocycles. The summed E-state index contributed by atoms with van der Waals surface area (Å²) in [6, 6.07) is 3.89. The largest absolute Gasteiger partial charge is 0.493 e. The molecule has 0 aliphatic heterocycles. The molecule has 0 unspecified atom stereocenters. The summed E-state index contributed by atoms with van der Waals surface area (Å²) in [6.07, 6.45) is 2.63.